The number of nitrogens with one attached hydrogen (secondary N) is 1. The topological polar surface area (TPSA) is 107 Å². The zero-order valence-corrected chi connectivity index (χ0v) is 23.7. The van der Waals surface area contributed by atoms with E-state index in [1.807, 2.05) is 0 Å². The van der Waals surface area contributed by atoms with Crippen LogP contribution < -0.4 is 9.62 Å². The maximum Gasteiger partial charge on any atom is 0.421 e. The van der Waals surface area contributed by atoms with Crippen LogP contribution in [0.2, 0.25) is 0 Å². The van der Waals surface area contributed by atoms with Crippen LogP contribution in [0.5, 0.6) is 0 Å². The number of allylic oxidation sites excluding steroid dienone is 4. The van der Waals surface area contributed by atoms with E-state index >= 15 is 0 Å². The quantitative estimate of drug-likeness (QED) is 0.423. The molecule has 2 N–H and O–H groups in total. The molecule has 0 unspecified atom stereocenters. The van der Waals surface area contributed by atoms with Crippen molar-refractivity contribution in [3.8, 4) is 0 Å². The van der Waals surface area contributed by atoms with Gasteiger partial charge in [0, 0.05) is 43.2 Å². The van der Waals surface area contributed by atoms with Crippen molar-refractivity contribution in [2.75, 3.05) is 31.1 Å². The molecule has 0 saturated carbocycles. The average Bonchev–Trinajstić information content (AvgIpc) is 2.86. The molecule has 14 heteroatoms. The first-order chi connectivity index (χ1) is 17.5. The molecule has 8 nitrogen and oxygen atoms in total. The summed E-state index contributed by atoms with van der Waals surface area (Å²) >= 11 is 5.26. The fourth-order valence-corrected chi connectivity index (χ4v) is 7.39. The van der Waals surface area contributed by atoms with Gasteiger partial charge in [-0.25, -0.2) is 21.6 Å². The molecule has 0 aromatic heterocycles. The second-order valence-corrected chi connectivity index (χ2v) is 14.1. The summed E-state index contributed by atoms with van der Waals surface area (Å²) < 4.78 is 95.7. The van der Waals surface area contributed by atoms with Gasteiger partial charge in [-0.3, -0.25) is 0 Å². The Morgan fingerprint density at radius 3 is 2.34 bits per heavy atom. The predicted molar refractivity (Wildman–Crippen MR) is 145 cm³/mol. The highest BCUT2D eigenvalue weighted by atomic mass is 32.2. The lowest BCUT2D eigenvalue weighted by Gasteiger charge is -2.42. The third-order valence-corrected chi connectivity index (χ3v) is 11.4. The summed E-state index contributed by atoms with van der Waals surface area (Å²) in [5.41, 5.74) is -2.94. The molecule has 1 aromatic carbocycles. The van der Waals surface area contributed by atoms with Gasteiger partial charge in [-0.05, 0) is 44.0 Å². The summed E-state index contributed by atoms with van der Waals surface area (Å²) in [7, 11) is -7.63. The largest absolute Gasteiger partial charge is 0.421 e. The van der Waals surface area contributed by atoms with E-state index in [1.165, 1.54) is 22.5 Å². The number of hydrogen-bond acceptors (Lipinski definition) is 7. The first-order valence-electron chi connectivity index (χ1n) is 12.1. The molecule has 2 aliphatic rings. The van der Waals surface area contributed by atoms with Crippen LogP contribution >= 0.6 is 12.2 Å². The molecule has 3 atom stereocenters. The fraction of sp³-hybridized carbons (Fsp3) is 0.542. The number of piperazine rings is 1. The standard InChI is InChI=1S/C24H32F3N3O5S3/c1-4-17(2)37(32,33)28-15-20-16-29(38(34,35)22-8-6-5-7-21(22)36)13-14-30(20)19-11-9-18(10-12-19)23(3,31)24(25,26)27/h5-6,8-12,17,20,28,31H,4,7,13-16H2,1-3H3/t17-,20+,23+/m1/s1. The van der Waals surface area contributed by atoms with E-state index in [1.54, 1.807) is 30.9 Å². The normalized spacial score (nSPS) is 22.2. The average molecular weight is 596 g/mol. The molecule has 0 amide bonds. The molecule has 1 aliphatic heterocycles. The number of halogens is 3. The lowest BCUT2D eigenvalue weighted by molar-refractivity contribution is -0.258. The highest BCUT2D eigenvalue weighted by molar-refractivity contribution is 7.96. The van der Waals surface area contributed by atoms with Gasteiger partial charge in [0.05, 0.1) is 16.2 Å². The Hall–Kier alpha value is -1.84. The van der Waals surface area contributed by atoms with Gasteiger partial charge in [0.2, 0.25) is 20.0 Å². The molecule has 212 valence electrons. The minimum atomic E-state index is -4.88. The number of anilines is 1. The number of nitrogens with zero attached hydrogens (tertiary/aromatic N) is 2. The van der Waals surface area contributed by atoms with Crippen LogP contribution in [0.1, 0.15) is 39.2 Å². The van der Waals surface area contributed by atoms with Crippen molar-refractivity contribution >= 4 is 42.8 Å². The minimum absolute atomic E-state index is 0.0288. The van der Waals surface area contributed by atoms with Gasteiger partial charge < -0.3 is 10.0 Å². The van der Waals surface area contributed by atoms with E-state index in [-0.39, 0.29) is 41.5 Å². The van der Waals surface area contributed by atoms with E-state index in [4.69, 9.17) is 12.2 Å². The molecule has 3 rings (SSSR count). The highest BCUT2D eigenvalue weighted by Gasteiger charge is 2.51. The van der Waals surface area contributed by atoms with Gasteiger partial charge >= 0.3 is 6.18 Å². The van der Waals surface area contributed by atoms with Crippen LogP contribution in [0, 0.1) is 0 Å². The first kappa shape index (κ1) is 30.7. The second-order valence-electron chi connectivity index (χ2n) is 9.53. The molecule has 0 bridgehead atoms. The van der Waals surface area contributed by atoms with Crippen LogP contribution in [0.4, 0.5) is 18.9 Å². The summed E-state index contributed by atoms with van der Waals surface area (Å²) in [6, 6.07) is 4.45. The maximum absolute atomic E-state index is 13.4. The van der Waals surface area contributed by atoms with Crippen LogP contribution in [-0.2, 0) is 25.6 Å². The number of hydrogen-bond donors (Lipinski definition) is 2. The smallest absolute Gasteiger partial charge is 0.376 e. The van der Waals surface area contributed by atoms with E-state index in [9.17, 15) is 35.1 Å². The highest BCUT2D eigenvalue weighted by Crippen LogP contribution is 2.39. The third kappa shape index (κ3) is 6.31. The third-order valence-electron chi connectivity index (χ3n) is 6.96. The van der Waals surface area contributed by atoms with E-state index in [0.29, 0.717) is 25.5 Å². The minimum Gasteiger partial charge on any atom is -0.376 e. The molecular formula is C24H32F3N3O5S3. The van der Waals surface area contributed by atoms with Gasteiger partial charge in [0.25, 0.3) is 0 Å². The summed E-state index contributed by atoms with van der Waals surface area (Å²) in [6.45, 7) is 3.98. The zero-order valence-electron chi connectivity index (χ0n) is 21.3. The Labute approximate surface area is 227 Å². The van der Waals surface area contributed by atoms with Crippen molar-refractivity contribution < 1.29 is 35.1 Å². The number of sulfonamides is 2. The van der Waals surface area contributed by atoms with Gasteiger partial charge in [0.15, 0.2) is 5.60 Å². The monoisotopic (exact) mass is 595 g/mol. The van der Waals surface area contributed by atoms with Crippen LogP contribution in [0.3, 0.4) is 0 Å². The number of thiocarbonyl (C=S) groups is 1. The van der Waals surface area contributed by atoms with Gasteiger partial charge in [-0.15, -0.1) is 0 Å². The van der Waals surface area contributed by atoms with Crippen molar-refractivity contribution in [3.05, 3.63) is 53.0 Å². The summed E-state index contributed by atoms with van der Waals surface area (Å²) in [4.78, 5) is 2.07. The molecule has 0 spiro atoms. The van der Waals surface area contributed by atoms with Crippen LogP contribution in [0.15, 0.2) is 47.4 Å². The van der Waals surface area contributed by atoms with E-state index < -0.39 is 43.1 Å². The van der Waals surface area contributed by atoms with Crippen LogP contribution in [0.25, 0.3) is 0 Å². The Morgan fingerprint density at radius 1 is 1.16 bits per heavy atom. The maximum atomic E-state index is 13.4. The summed E-state index contributed by atoms with van der Waals surface area (Å²) in [6.07, 6.45) is 0.643. The second kappa shape index (κ2) is 11.3. The molecule has 1 aromatic rings. The van der Waals surface area contributed by atoms with E-state index in [0.717, 1.165) is 12.1 Å². The lowest BCUT2D eigenvalue weighted by Crippen LogP contribution is -2.59. The van der Waals surface area contributed by atoms with E-state index in [2.05, 4.69) is 4.72 Å². The molecule has 38 heavy (non-hydrogen) atoms. The van der Waals surface area contributed by atoms with Crippen molar-refractivity contribution in [2.45, 2.75) is 56.7 Å². The van der Waals surface area contributed by atoms with Crippen LogP contribution in [-0.4, -0.2) is 74.8 Å². The fourth-order valence-electron chi connectivity index (χ4n) is 4.17. The molecule has 1 saturated heterocycles. The first-order valence-corrected chi connectivity index (χ1v) is 15.5. The Morgan fingerprint density at radius 2 is 1.79 bits per heavy atom. The Kier molecular flexibility index (Phi) is 9.16. The number of benzene rings is 1. The van der Waals surface area contributed by atoms with Crippen molar-refractivity contribution in [1.29, 1.82) is 0 Å². The van der Waals surface area contributed by atoms with Crippen molar-refractivity contribution in [2.24, 2.45) is 0 Å². The molecule has 1 aliphatic carbocycles. The number of rotatable bonds is 9. The molecule has 1 fully saturated rings. The molecular weight excluding hydrogens is 563 g/mol. The Bertz CT molecular complexity index is 1310. The molecule has 1 heterocycles. The number of aliphatic hydroxyl groups is 1. The summed E-state index contributed by atoms with van der Waals surface area (Å²) in [5, 5.41) is 9.32. The predicted octanol–water partition coefficient (Wildman–Crippen LogP) is 3.21. The number of alkyl halides is 3. The van der Waals surface area contributed by atoms with Gasteiger partial charge in [0.1, 0.15) is 0 Å². The Balaban J connectivity index is 1.91. The van der Waals surface area contributed by atoms with Gasteiger partial charge in [-0.2, -0.15) is 17.5 Å². The zero-order chi connectivity index (χ0) is 28.5. The lowest BCUT2D eigenvalue weighted by atomic mass is 9.95. The molecule has 0 radical (unpaired) electrons. The van der Waals surface area contributed by atoms with Crippen molar-refractivity contribution in [1.82, 2.24) is 9.03 Å². The van der Waals surface area contributed by atoms with Gasteiger partial charge in [-0.1, -0.05) is 43.4 Å². The summed E-state index contributed by atoms with van der Waals surface area (Å²) in [5.74, 6) is 0. The SMILES string of the molecule is CC[C@@H](C)S(=O)(=O)NC[C@H]1CN(S(=O)(=O)C2=CC=CCC2=S)CCN1c1ccc([C@](C)(O)C(F)(F)F)cc1. The van der Waals surface area contributed by atoms with Crippen molar-refractivity contribution in [3.63, 3.8) is 0 Å².